The molecular weight excluding hydrogens is 199 g/mol. The maximum Gasteiger partial charge on any atom is 0.337 e. The second-order valence-electron chi connectivity index (χ2n) is 3.31. The fraction of sp³-hybridized carbons (Fsp3) is 0.364. The SMILES string of the molecule is COC(=O)c1ccc(C(C)CO)c(F)c1. The fourth-order valence-corrected chi connectivity index (χ4v) is 1.27. The first kappa shape index (κ1) is 11.7. The van der Waals surface area contributed by atoms with Crippen LogP contribution in [0.5, 0.6) is 0 Å². The molecule has 0 bridgehead atoms. The van der Waals surface area contributed by atoms with Gasteiger partial charge in [-0.05, 0) is 17.7 Å². The Morgan fingerprint density at radius 3 is 2.73 bits per heavy atom. The molecule has 0 aliphatic rings. The Morgan fingerprint density at radius 2 is 2.27 bits per heavy atom. The van der Waals surface area contributed by atoms with Crippen LogP contribution in [-0.2, 0) is 4.74 Å². The zero-order valence-electron chi connectivity index (χ0n) is 8.66. The van der Waals surface area contributed by atoms with Crippen molar-refractivity contribution in [3.63, 3.8) is 0 Å². The van der Waals surface area contributed by atoms with Gasteiger partial charge in [0.1, 0.15) is 5.82 Å². The minimum absolute atomic E-state index is 0.130. The monoisotopic (exact) mass is 212 g/mol. The normalized spacial score (nSPS) is 12.3. The van der Waals surface area contributed by atoms with Gasteiger partial charge in [-0.3, -0.25) is 0 Å². The Labute approximate surface area is 87.5 Å². The summed E-state index contributed by atoms with van der Waals surface area (Å²) in [5, 5.41) is 8.88. The Balaban J connectivity index is 3.03. The molecule has 1 unspecified atom stereocenters. The lowest BCUT2D eigenvalue weighted by molar-refractivity contribution is 0.0600. The van der Waals surface area contributed by atoms with Gasteiger partial charge in [0.25, 0.3) is 0 Å². The van der Waals surface area contributed by atoms with Crippen molar-refractivity contribution in [1.29, 1.82) is 0 Å². The van der Waals surface area contributed by atoms with E-state index in [-0.39, 0.29) is 18.1 Å². The second kappa shape index (κ2) is 4.89. The van der Waals surface area contributed by atoms with Crippen LogP contribution < -0.4 is 0 Å². The van der Waals surface area contributed by atoms with Gasteiger partial charge in [0.15, 0.2) is 0 Å². The van der Waals surface area contributed by atoms with E-state index in [9.17, 15) is 9.18 Å². The fourth-order valence-electron chi connectivity index (χ4n) is 1.27. The third-order valence-electron chi connectivity index (χ3n) is 2.23. The highest BCUT2D eigenvalue weighted by molar-refractivity contribution is 5.89. The van der Waals surface area contributed by atoms with E-state index in [0.717, 1.165) is 6.07 Å². The largest absolute Gasteiger partial charge is 0.465 e. The van der Waals surface area contributed by atoms with Gasteiger partial charge in [0, 0.05) is 12.5 Å². The highest BCUT2D eigenvalue weighted by atomic mass is 19.1. The third-order valence-corrected chi connectivity index (χ3v) is 2.23. The number of esters is 1. The lowest BCUT2D eigenvalue weighted by atomic mass is 10.00. The molecule has 15 heavy (non-hydrogen) atoms. The van der Waals surface area contributed by atoms with Gasteiger partial charge >= 0.3 is 5.97 Å². The van der Waals surface area contributed by atoms with E-state index >= 15 is 0 Å². The van der Waals surface area contributed by atoms with Gasteiger partial charge in [-0.1, -0.05) is 13.0 Å². The zero-order valence-corrected chi connectivity index (χ0v) is 8.66. The highest BCUT2D eigenvalue weighted by Crippen LogP contribution is 2.19. The minimum Gasteiger partial charge on any atom is -0.465 e. The number of rotatable bonds is 3. The summed E-state index contributed by atoms with van der Waals surface area (Å²) < 4.78 is 17.9. The summed E-state index contributed by atoms with van der Waals surface area (Å²) in [6, 6.07) is 4.09. The molecule has 0 spiro atoms. The summed E-state index contributed by atoms with van der Waals surface area (Å²) in [6.45, 7) is 1.57. The average molecular weight is 212 g/mol. The Kier molecular flexibility index (Phi) is 3.80. The van der Waals surface area contributed by atoms with E-state index in [1.807, 2.05) is 0 Å². The van der Waals surface area contributed by atoms with Gasteiger partial charge in [-0.15, -0.1) is 0 Å². The summed E-state index contributed by atoms with van der Waals surface area (Å²) >= 11 is 0. The number of carbonyl (C=O) groups excluding carboxylic acids is 1. The maximum atomic E-state index is 13.5. The predicted octanol–water partition coefficient (Wildman–Crippen LogP) is 1.71. The average Bonchev–Trinajstić information content (AvgIpc) is 2.26. The molecule has 1 N–H and O–H groups in total. The number of ether oxygens (including phenoxy) is 1. The molecule has 0 radical (unpaired) electrons. The van der Waals surface area contributed by atoms with Crippen molar-refractivity contribution in [2.45, 2.75) is 12.8 Å². The van der Waals surface area contributed by atoms with E-state index < -0.39 is 11.8 Å². The smallest absolute Gasteiger partial charge is 0.337 e. The summed E-state index contributed by atoms with van der Waals surface area (Å²) in [5.74, 6) is -1.35. The molecule has 4 heteroatoms. The molecule has 0 heterocycles. The molecule has 0 aliphatic heterocycles. The third kappa shape index (κ3) is 2.53. The van der Waals surface area contributed by atoms with Crippen molar-refractivity contribution in [3.8, 4) is 0 Å². The lowest BCUT2D eigenvalue weighted by Crippen LogP contribution is -2.06. The molecular formula is C11H13FO3. The lowest BCUT2D eigenvalue weighted by Gasteiger charge is -2.10. The number of carbonyl (C=O) groups is 1. The van der Waals surface area contributed by atoms with Crippen molar-refractivity contribution in [2.24, 2.45) is 0 Å². The van der Waals surface area contributed by atoms with Crippen LogP contribution >= 0.6 is 0 Å². The van der Waals surface area contributed by atoms with E-state index in [0.29, 0.717) is 5.56 Å². The number of aliphatic hydroxyl groups excluding tert-OH is 1. The molecule has 0 saturated carbocycles. The Hall–Kier alpha value is -1.42. The van der Waals surface area contributed by atoms with Crippen LogP contribution in [0.25, 0.3) is 0 Å². The van der Waals surface area contributed by atoms with Crippen LogP contribution in [0, 0.1) is 5.82 Å². The minimum atomic E-state index is -0.572. The van der Waals surface area contributed by atoms with E-state index in [4.69, 9.17) is 5.11 Å². The Morgan fingerprint density at radius 1 is 1.60 bits per heavy atom. The molecule has 82 valence electrons. The molecule has 0 aliphatic carbocycles. The van der Waals surface area contributed by atoms with Crippen molar-refractivity contribution < 1.29 is 19.0 Å². The van der Waals surface area contributed by atoms with Crippen molar-refractivity contribution in [3.05, 3.63) is 35.1 Å². The summed E-state index contributed by atoms with van der Waals surface area (Å²) in [7, 11) is 1.24. The number of benzene rings is 1. The molecule has 1 atom stereocenters. The number of hydrogen-bond donors (Lipinski definition) is 1. The first-order chi connectivity index (χ1) is 7.10. The molecule has 0 amide bonds. The topological polar surface area (TPSA) is 46.5 Å². The van der Waals surface area contributed by atoms with Gasteiger partial charge in [-0.25, -0.2) is 9.18 Å². The Bertz CT molecular complexity index is 363. The molecule has 3 nitrogen and oxygen atoms in total. The summed E-state index contributed by atoms with van der Waals surface area (Å²) in [5.41, 5.74) is 0.564. The number of aliphatic hydroxyl groups is 1. The zero-order chi connectivity index (χ0) is 11.4. The van der Waals surface area contributed by atoms with Crippen molar-refractivity contribution in [1.82, 2.24) is 0 Å². The standard InChI is InChI=1S/C11H13FO3/c1-7(6-13)9-4-3-8(5-10(9)12)11(14)15-2/h3-5,7,13H,6H2,1-2H3. The number of hydrogen-bond acceptors (Lipinski definition) is 3. The molecule has 0 saturated heterocycles. The van der Waals surface area contributed by atoms with Crippen LogP contribution in [-0.4, -0.2) is 24.8 Å². The quantitative estimate of drug-likeness (QED) is 0.776. The van der Waals surface area contributed by atoms with Crippen LogP contribution in [0.4, 0.5) is 4.39 Å². The molecule has 0 aromatic heterocycles. The first-order valence-electron chi connectivity index (χ1n) is 4.58. The van der Waals surface area contributed by atoms with Gasteiger partial charge in [-0.2, -0.15) is 0 Å². The second-order valence-corrected chi connectivity index (χ2v) is 3.31. The van der Waals surface area contributed by atoms with E-state index in [1.165, 1.54) is 19.2 Å². The van der Waals surface area contributed by atoms with Crippen LogP contribution in [0.2, 0.25) is 0 Å². The first-order valence-corrected chi connectivity index (χ1v) is 4.58. The van der Waals surface area contributed by atoms with Crippen LogP contribution in [0.15, 0.2) is 18.2 Å². The predicted molar refractivity (Wildman–Crippen MR) is 53.2 cm³/mol. The highest BCUT2D eigenvalue weighted by Gasteiger charge is 2.13. The maximum absolute atomic E-state index is 13.5. The van der Waals surface area contributed by atoms with Crippen molar-refractivity contribution >= 4 is 5.97 Å². The van der Waals surface area contributed by atoms with Gasteiger partial charge in [0.05, 0.1) is 12.7 Å². The number of methoxy groups -OCH3 is 1. The molecule has 0 fully saturated rings. The van der Waals surface area contributed by atoms with Crippen LogP contribution in [0.3, 0.4) is 0 Å². The molecule has 1 aromatic rings. The van der Waals surface area contributed by atoms with Crippen molar-refractivity contribution in [2.75, 3.05) is 13.7 Å². The van der Waals surface area contributed by atoms with Gasteiger partial charge < -0.3 is 9.84 Å². The van der Waals surface area contributed by atoms with Gasteiger partial charge in [0.2, 0.25) is 0 Å². The van der Waals surface area contributed by atoms with E-state index in [2.05, 4.69) is 4.74 Å². The number of halogens is 1. The summed E-state index contributed by atoms with van der Waals surface area (Å²) in [4.78, 5) is 11.1. The molecule has 1 rings (SSSR count). The van der Waals surface area contributed by atoms with E-state index in [1.54, 1.807) is 6.92 Å². The summed E-state index contributed by atoms with van der Waals surface area (Å²) in [6.07, 6.45) is 0. The molecule has 1 aromatic carbocycles. The van der Waals surface area contributed by atoms with Crippen LogP contribution in [0.1, 0.15) is 28.8 Å².